The topological polar surface area (TPSA) is 75.7 Å². The minimum absolute atomic E-state index is 0.0386. The van der Waals surface area contributed by atoms with Crippen molar-refractivity contribution in [2.75, 3.05) is 32.5 Å². The molecule has 124 valence electrons. The Hall–Kier alpha value is -1.60. The number of nitrogens with one attached hydrogen (secondary N) is 1. The van der Waals surface area contributed by atoms with Crippen LogP contribution < -0.4 is 9.46 Å². The van der Waals surface area contributed by atoms with Gasteiger partial charge in [-0.05, 0) is 31.0 Å². The molecule has 0 saturated heterocycles. The molecular weight excluding hydrogens is 304 g/mol. The van der Waals surface area contributed by atoms with Gasteiger partial charge in [0.1, 0.15) is 5.75 Å². The summed E-state index contributed by atoms with van der Waals surface area (Å²) < 4.78 is 30.4. The lowest BCUT2D eigenvalue weighted by atomic mass is 10.1. The summed E-state index contributed by atoms with van der Waals surface area (Å²) >= 11 is 0. The van der Waals surface area contributed by atoms with Crippen LogP contribution in [0.4, 0.5) is 0 Å². The van der Waals surface area contributed by atoms with E-state index in [0.29, 0.717) is 19.5 Å². The lowest BCUT2D eigenvalue weighted by Gasteiger charge is -2.21. The van der Waals surface area contributed by atoms with Gasteiger partial charge in [-0.2, -0.15) is 0 Å². The maximum absolute atomic E-state index is 11.6. The summed E-state index contributed by atoms with van der Waals surface area (Å²) in [6, 6.07) is 7.67. The van der Waals surface area contributed by atoms with E-state index in [9.17, 15) is 13.2 Å². The van der Waals surface area contributed by atoms with Gasteiger partial charge in [0.15, 0.2) is 0 Å². The predicted molar refractivity (Wildman–Crippen MR) is 86.4 cm³/mol. The van der Waals surface area contributed by atoms with Gasteiger partial charge in [-0.3, -0.25) is 4.79 Å². The largest absolute Gasteiger partial charge is 0.497 e. The molecule has 0 bridgehead atoms. The van der Waals surface area contributed by atoms with Crippen molar-refractivity contribution in [3.05, 3.63) is 29.8 Å². The maximum atomic E-state index is 11.6. The zero-order valence-electron chi connectivity index (χ0n) is 13.3. The standard InChI is InChI=1S/C15H24N2O4S/c1-4-22(19,20)16-9-11-17(13(2)18)10-8-14-6-5-7-15(12-14)21-3/h5-7,12,16H,4,8-11H2,1-3H3. The van der Waals surface area contributed by atoms with Crippen LogP contribution in [0.3, 0.4) is 0 Å². The average Bonchev–Trinajstić information content (AvgIpc) is 2.50. The number of methoxy groups -OCH3 is 1. The van der Waals surface area contributed by atoms with Gasteiger partial charge >= 0.3 is 0 Å². The molecule has 1 amide bonds. The Labute approximate surface area is 132 Å². The van der Waals surface area contributed by atoms with Crippen LogP contribution in [-0.2, 0) is 21.2 Å². The zero-order valence-corrected chi connectivity index (χ0v) is 14.1. The molecular formula is C15H24N2O4S. The van der Waals surface area contributed by atoms with E-state index in [2.05, 4.69) is 4.72 Å². The molecule has 0 aliphatic rings. The second kappa shape index (κ2) is 8.75. The SMILES string of the molecule is CCS(=O)(=O)NCCN(CCc1cccc(OC)c1)C(C)=O. The van der Waals surface area contributed by atoms with E-state index in [1.54, 1.807) is 18.9 Å². The first kappa shape index (κ1) is 18.4. The molecule has 0 aliphatic heterocycles. The fourth-order valence-corrected chi connectivity index (χ4v) is 2.56. The molecule has 0 unspecified atom stereocenters. The molecule has 0 fully saturated rings. The van der Waals surface area contributed by atoms with Crippen LogP contribution in [0.5, 0.6) is 5.75 Å². The Balaban J connectivity index is 2.52. The fraction of sp³-hybridized carbons (Fsp3) is 0.533. The summed E-state index contributed by atoms with van der Waals surface area (Å²) in [6.07, 6.45) is 0.692. The van der Waals surface area contributed by atoms with Gasteiger partial charge in [0, 0.05) is 26.6 Å². The van der Waals surface area contributed by atoms with Crippen LogP contribution in [0.1, 0.15) is 19.4 Å². The number of benzene rings is 1. The number of ether oxygens (including phenoxy) is 1. The molecule has 1 N–H and O–H groups in total. The van der Waals surface area contributed by atoms with Crippen LogP contribution in [0, 0.1) is 0 Å². The van der Waals surface area contributed by atoms with Gasteiger partial charge in [0.05, 0.1) is 12.9 Å². The lowest BCUT2D eigenvalue weighted by molar-refractivity contribution is -0.128. The fourth-order valence-electron chi connectivity index (χ4n) is 1.96. The van der Waals surface area contributed by atoms with Gasteiger partial charge in [-0.15, -0.1) is 0 Å². The molecule has 1 aromatic carbocycles. The highest BCUT2D eigenvalue weighted by atomic mass is 32.2. The zero-order chi connectivity index (χ0) is 16.6. The summed E-state index contributed by atoms with van der Waals surface area (Å²) in [4.78, 5) is 13.3. The highest BCUT2D eigenvalue weighted by Gasteiger charge is 2.11. The number of hydrogen-bond donors (Lipinski definition) is 1. The monoisotopic (exact) mass is 328 g/mol. The van der Waals surface area contributed by atoms with Gasteiger partial charge < -0.3 is 9.64 Å². The quantitative estimate of drug-likeness (QED) is 0.734. The summed E-state index contributed by atoms with van der Waals surface area (Å²) in [5, 5.41) is 0. The van der Waals surface area contributed by atoms with Crippen molar-refractivity contribution in [3.63, 3.8) is 0 Å². The first-order chi connectivity index (χ1) is 10.4. The molecule has 6 nitrogen and oxygen atoms in total. The second-order valence-electron chi connectivity index (χ2n) is 4.91. The van der Waals surface area contributed by atoms with Gasteiger partial charge in [-0.1, -0.05) is 12.1 Å². The first-order valence-electron chi connectivity index (χ1n) is 7.23. The summed E-state index contributed by atoms with van der Waals surface area (Å²) in [7, 11) is -1.61. The maximum Gasteiger partial charge on any atom is 0.219 e. The lowest BCUT2D eigenvalue weighted by Crippen LogP contribution is -2.38. The highest BCUT2D eigenvalue weighted by Crippen LogP contribution is 2.13. The number of sulfonamides is 1. The van der Waals surface area contributed by atoms with Gasteiger partial charge in [0.2, 0.25) is 15.9 Å². The second-order valence-corrected chi connectivity index (χ2v) is 7.00. The van der Waals surface area contributed by atoms with Crippen LogP contribution >= 0.6 is 0 Å². The molecule has 22 heavy (non-hydrogen) atoms. The molecule has 0 atom stereocenters. The highest BCUT2D eigenvalue weighted by molar-refractivity contribution is 7.89. The molecule has 1 rings (SSSR count). The number of nitrogens with zero attached hydrogens (tertiary/aromatic N) is 1. The van der Waals surface area contributed by atoms with E-state index in [1.807, 2.05) is 24.3 Å². The van der Waals surface area contributed by atoms with E-state index >= 15 is 0 Å². The van der Waals surface area contributed by atoms with Crippen molar-refractivity contribution < 1.29 is 17.9 Å². The Bertz CT molecular complexity index is 587. The van der Waals surface area contributed by atoms with Gasteiger partial charge in [-0.25, -0.2) is 13.1 Å². The van der Waals surface area contributed by atoms with E-state index in [1.165, 1.54) is 6.92 Å². The molecule has 0 saturated carbocycles. The van der Waals surface area contributed by atoms with Crippen molar-refractivity contribution in [2.24, 2.45) is 0 Å². The van der Waals surface area contributed by atoms with Gasteiger partial charge in [0.25, 0.3) is 0 Å². The van der Waals surface area contributed by atoms with E-state index in [4.69, 9.17) is 4.74 Å². The van der Waals surface area contributed by atoms with Crippen molar-refractivity contribution in [1.82, 2.24) is 9.62 Å². The van der Waals surface area contributed by atoms with E-state index in [0.717, 1.165) is 11.3 Å². The first-order valence-corrected chi connectivity index (χ1v) is 8.89. The summed E-state index contributed by atoms with van der Waals surface area (Å²) in [6.45, 7) is 4.19. The van der Waals surface area contributed by atoms with Crippen LogP contribution in [0.2, 0.25) is 0 Å². The van der Waals surface area contributed by atoms with Crippen molar-refractivity contribution >= 4 is 15.9 Å². The molecule has 1 aromatic rings. The number of amides is 1. The third-order valence-electron chi connectivity index (χ3n) is 3.33. The smallest absolute Gasteiger partial charge is 0.219 e. The normalized spacial score (nSPS) is 11.2. The number of hydrogen-bond acceptors (Lipinski definition) is 4. The third-order valence-corrected chi connectivity index (χ3v) is 4.74. The van der Waals surface area contributed by atoms with E-state index < -0.39 is 10.0 Å². The minimum Gasteiger partial charge on any atom is -0.497 e. The predicted octanol–water partition coefficient (Wildman–Crippen LogP) is 1.03. The summed E-state index contributed by atoms with van der Waals surface area (Å²) in [5.74, 6) is 0.748. The molecule has 0 aromatic heterocycles. The van der Waals surface area contributed by atoms with Crippen LogP contribution in [0.25, 0.3) is 0 Å². The van der Waals surface area contributed by atoms with Crippen LogP contribution in [0.15, 0.2) is 24.3 Å². The molecule has 7 heteroatoms. The Morgan fingerprint density at radius 3 is 2.64 bits per heavy atom. The Morgan fingerprint density at radius 1 is 1.32 bits per heavy atom. The minimum atomic E-state index is -3.22. The molecule has 0 aliphatic carbocycles. The Kier molecular flexibility index (Phi) is 7.34. The number of carbonyl (C=O) groups excluding carboxylic acids is 1. The Morgan fingerprint density at radius 2 is 2.05 bits per heavy atom. The van der Waals surface area contributed by atoms with E-state index in [-0.39, 0.29) is 18.2 Å². The molecule has 0 spiro atoms. The average molecular weight is 328 g/mol. The number of rotatable bonds is 9. The molecule has 0 heterocycles. The number of carbonyl (C=O) groups is 1. The van der Waals surface area contributed by atoms with Crippen molar-refractivity contribution in [3.8, 4) is 5.75 Å². The third kappa shape index (κ3) is 6.44. The van der Waals surface area contributed by atoms with Crippen molar-refractivity contribution in [2.45, 2.75) is 20.3 Å². The molecule has 0 radical (unpaired) electrons. The van der Waals surface area contributed by atoms with Crippen LogP contribution in [-0.4, -0.2) is 51.7 Å². The summed E-state index contributed by atoms with van der Waals surface area (Å²) in [5.41, 5.74) is 1.07. The van der Waals surface area contributed by atoms with Crippen molar-refractivity contribution in [1.29, 1.82) is 0 Å².